The van der Waals surface area contributed by atoms with Crippen LogP contribution < -0.4 is 5.32 Å². The molecule has 0 aromatic carbocycles. The van der Waals surface area contributed by atoms with E-state index in [1.54, 1.807) is 0 Å². The predicted octanol–water partition coefficient (Wildman–Crippen LogP) is 2.63. The lowest BCUT2D eigenvalue weighted by Crippen LogP contribution is -2.58. The molecule has 1 aliphatic heterocycles. The van der Waals surface area contributed by atoms with Crippen LogP contribution in [0, 0.1) is 0 Å². The van der Waals surface area contributed by atoms with E-state index >= 15 is 0 Å². The molecule has 1 N–H and O–H groups in total. The summed E-state index contributed by atoms with van der Waals surface area (Å²) >= 11 is 0. The van der Waals surface area contributed by atoms with Crippen LogP contribution in [0.4, 0.5) is 0 Å². The van der Waals surface area contributed by atoms with Crippen LogP contribution in [0.2, 0.25) is 0 Å². The highest BCUT2D eigenvalue weighted by atomic mass is 16.2. The largest absolute Gasteiger partial charge is 0.350 e. The minimum absolute atomic E-state index is 0.142. The second-order valence-electron chi connectivity index (χ2n) is 4.45. The number of carbonyl (C=O) groups is 1. The molecule has 1 atom stereocenters. The van der Waals surface area contributed by atoms with E-state index in [2.05, 4.69) is 19.2 Å². The number of carbonyl (C=O) groups excluding carboxylic acids is 1. The smallest absolute Gasteiger partial charge is 0.222 e. The van der Waals surface area contributed by atoms with Gasteiger partial charge in [0.2, 0.25) is 5.91 Å². The number of rotatable bonds is 6. The van der Waals surface area contributed by atoms with Gasteiger partial charge in [-0.3, -0.25) is 4.79 Å². The molecule has 1 heterocycles. The average Bonchev–Trinajstić information content (AvgIpc) is 2.02. The van der Waals surface area contributed by atoms with Crippen LogP contribution in [0.1, 0.15) is 58.8 Å². The first kappa shape index (κ1) is 10.6. The van der Waals surface area contributed by atoms with Gasteiger partial charge in [-0.25, -0.2) is 0 Å². The number of β-lactam (4-membered cyclic amide) rings is 1. The van der Waals surface area contributed by atoms with E-state index in [9.17, 15) is 4.79 Å². The van der Waals surface area contributed by atoms with Crippen molar-refractivity contribution in [3.8, 4) is 0 Å². The normalized spacial score (nSPS) is 26.8. The van der Waals surface area contributed by atoms with E-state index in [-0.39, 0.29) is 11.4 Å². The van der Waals surface area contributed by atoms with Crippen molar-refractivity contribution < 1.29 is 4.79 Å². The summed E-state index contributed by atoms with van der Waals surface area (Å²) < 4.78 is 0. The van der Waals surface area contributed by atoms with Crippen LogP contribution in [0.15, 0.2) is 0 Å². The summed E-state index contributed by atoms with van der Waals surface area (Å²) in [6, 6.07) is 0. The van der Waals surface area contributed by atoms with Gasteiger partial charge in [-0.2, -0.15) is 0 Å². The van der Waals surface area contributed by atoms with Gasteiger partial charge in [-0.05, 0) is 13.3 Å². The second kappa shape index (κ2) is 4.64. The molecule has 0 aromatic rings. The molecule has 1 amide bonds. The third-order valence-electron chi connectivity index (χ3n) is 2.82. The lowest BCUT2D eigenvalue weighted by Gasteiger charge is -2.39. The van der Waals surface area contributed by atoms with E-state index < -0.39 is 0 Å². The lowest BCUT2D eigenvalue weighted by molar-refractivity contribution is -0.132. The Labute approximate surface area is 81.1 Å². The first-order chi connectivity index (χ1) is 6.16. The summed E-state index contributed by atoms with van der Waals surface area (Å²) in [5.74, 6) is 0.219. The highest BCUT2D eigenvalue weighted by molar-refractivity contribution is 5.84. The summed E-state index contributed by atoms with van der Waals surface area (Å²) in [6.45, 7) is 4.38. The molecule has 1 aliphatic rings. The van der Waals surface area contributed by atoms with Crippen molar-refractivity contribution >= 4 is 5.91 Å². The maximum absolute atomic E-state index is 10.7. The van der Waals surface area contributed by atoms with Gasteiger partial charge in [0, 0.05) is 12.0 Å². The van der Waals surface area contributed by atoms with Crippen molar-refractivity contribution in [3.05, 3.63) is 0 Å². The van der Waals surface area contributed by atoms with Crippen LogP contribution in [0.25, 0.3) is 0 Å². The fourth-order valence-electron chi connectivity index (χ4n) is 1.94. The van der Waals surface area contributed by atoms with Crippen molar-refractivity contribution in [2.75, 3.05) is 0 Å². The minimum atomic E-state index is 0.142. The van der Waals surface area contributed by atoms with Crippen LogP contribution in [-0.2, 0) is 4.79 Å². The number of hydrogen-bond acceptors (Lipinski definition) is 1. The minimum Gasteiger partial charge on any atom is -0.350 e. The summed E-state index contributed by atoms with van der Waals surface area (Å²) in [7, 11) is 0. The molecule has 0 spiro atoms. The van der Waals surface area contributed by atoms with Crippen LogP contribution in [-0.4, -0.2) is 11.4 Å². The SMILES string of the molecule is CCCCCCCC1(C)CC(=O)N1. The Morgan fingerprint density at radius 2 is 1.92 bits per heavy atom. The van der Waals surface area contributed by atoms with Crippen molar-refractivity contribution in [1.82, 2.24) is 5.32 Å². The van der Waals surface area contributed by atoms with Gasteiger partial charge in [0.15, 0.2) is 0 Å². The molecule has 1 unspecified atom stereocenters. The van der Waals surface area contributed by atoms with Crippen molar-refractivity contribution in [2.45, 2.75) is 64.3 Å². The maximum Gasteiger partial charge on any atom is 0.222 e. The molecule has 13 heavy (non-hydrogen) atoms. The highest BCUT2D eigenvalue weighted by Crippen LogP contribution is 2.25. The van der Waals surface area contributed by atoms with E-state index in [1.807, 2.05) is 0 Å². The third kappa shape index (κ3) is 3.37. The Morgan fingerprint density at radius 3 is 2.46 bits per heavy atom. The molecule has 2 heteroatoms. The second-order valence-corrected chi connectivity index (χ2v) is 4.45. The Balaban J connectivity index is 1.97. The Hall–Kier alpha value is -0.530. The molecule has 0 saturated carbocycles. The number of amides is 1. The fourth-order valence-corrected chi connectivity index (χ4v) is 1.94. The van der Waals surface area contributed by atoms with Gasteiger partial charge in [0.05, 0.1) is 0 Å². The topological polar surface area (TPSA) is 29.1 Å². The molecule has 1 rings (SSSR count). The standard InChI is InChI=1S/C11H21NO/c1-3-4-5-6-7-8-11(2)9-10(13)12-11/h3-9H2,1-2H3,(H,12,13). The molecular weight excluding hydrogens is 162 g/mol. The van der Waals surface area contributed by atoms with Crippen LogP contribution >= 0.6 is 0 Å². The van der Waals surface area contributed by atoms with Crippen molar-refractivity contribution in [1.29, 1.82) is 0 Å². The molecule has 0 bridgehead atoms. The Kier molecular flexibility index (Phi) is 3.76. The third-order valence-corrected chi connectivity index (χ3v) is 2.82. The molecule has 0 radical (unpaired) electrons. The molecule has 1 fully saturated rings. The van der Waals surface area contributed by atoms with Gasteiger partial charge in [0.1, 0.15) is 0 Å². The number of unbranched alkanes of at least 4 members (excludes halogenated alkanes) is 4. The van der Waals surface area contributed by atoms with Gasteiger partial charge in [-0.1, -0.05) is 39.0 Å². The predicted molar refractivity (Wildman–Crippen MR) is 54.5 cm³/mol. The van der Waals surface area contributed by atoms with E-state index in [0.29, 0.717) is 0 Å². The zero-order valence-corrected chi connectivity index (χ0v) is 8.86. The molecule has 1 saturated heterocycles. The van der Waals surface area contributed by atoms with Gasteiger partial charge in [0.25, 0.3) is 0 Å². The average molecular weight is 183 g/mol. The molecule has 76 valence electrons. The zero-order valence-electron chi connectivity index (χ0n) is 8.86. The number of nitrogens with one attached hydrogen (secondary N) is 1. The highest BCUT2D eigenvalue weighted by Gasteiger charge is 2.37. The van der Waals surface area contributed by atoms with Gasteiger partial charge in [-0.15, -0.1) is 0 Å². The first-order valence-electron chi connectivity index (χ1n) is 5.47. The molecule has 2 nitrogen and oxygen atoms in total. The van der Waals surface area contributed by atoms with Gasteiger partial charge < -0.3 is 5.32 Å². The molecule has 0 aliphatic carbocycles. The molecular formula is C11H21NO. The first-order valence-corrected chi connectivity index (χ1v) is 5.47. The Bertz CT molecular complexity index is 169. The van der Waals surface area contributed by atoms with E-state index in [0.717, 1.165) is 12.8 Å². The monoisotopic (exact) mass is 183 g/mol. The van der Waals surface area contributed by atoms with Crippen molar-refractivity contribution in [2.24, 2.45) is 0 Å². The summed E-state index contributed by atoms with van der Waals surface area (Å²) in [5, 5.41) is 2.97. The van der Waals surface area contributed by atoms with Crippen LogP contribution in [0.3, 0.4) is 0 Å². The van der Waals surface area contributed by atoms with E-state index in [1.165, 1.54) is 32.1 Å². The van der Waals surface area contributed by atoms with Crippen molar-refractivity contribution in [3.63, 3.8) is 0 Å². The zero-order chi connectivity index (χ0) is 9.73. The van der Waals surface area contributed by atoms with Crippen LogP contribution in [0.5, 0.6) is 0 Å². The quantitative estimate of drug-likeness (QED) is 0.498. The summed E-state index contributed by atoms with van der Waals surface area (Å²) in [5.41, 5.74) is 0.142. The van der Waals surface area contributed by atoms with Gasteiger partial charge >= 0.3 is 0 Å². The lowest BCUT2D eigenvalue weighted by atomic mass is 9.84. The molecule has 0 aromatic heterocycles. The Morgan fingerprint density at radius 1 is 1.31 bits per heavy atom. The number of hydrogen-bond donors (Lipinski definition) is 1. The summed E-state index contributed by atoms with van der Waals surface area (Å²) in [6.07, 6.45) is 8.47. The summed E-state index contributed by atoms with van der Waals surface area (Å²) in [4.78, 5) is 10.7. The fraction of sp³-hybridized carbons (Fsp3) is 0.909. The van der Waals surface area contributed by atoms with E-state index in [4.69, 9.17) is 0 Å². The maximum atomic E-state index is 10.7.